The summed E-state index contributed by atoms with van der Waals surface area (Å²) in [5, 5.41) is 0. The lowest BCUT2D eigenvalue weighted by atomic mass is 9.74. The molecule has 1 aliphatic heterocycles. The van der Waals surface area contributed by atoms with Crippen molar-refractivity contribution in [2.45, 2.75) is 63.0 Å². The minimum atomic E-state index is 0.181. The van der Waals surface area contributed by atoms with Gasteiger partial charge in [-0.3, -0.25) is 0 Å². The second kappa shape index (κ2) is 6.28. The Kier molecular flexibility index (Phi) is 4.42. The van der Waals surface area contributed by atoms with Gasteiger partial charge in [0.05, 0.1) is 5.60 Å². The number of ether oxygens (including phenoxy) is 1. The van der Waals surface area contributed by atoms with Gasteiger partial charge in [0.1, 0.15) is 0 Å². The minimum absolute atomic E-state index is 0.181. The second-order valence-corrected chi connectivity index (χ2v) is 6.70. The van der Waals surface area contributed by atoms with Gasteiger partial charge in [0.2, 0.25) is 0 Å². The predicted molar refractivity (Wildman–Crippen MR) is 82.5 cm³/mol. The van der Waals surface area contributed by atoms with Crippen LogP contribution < -0.4 is 5.73 Å². The number of nitrogens with two attached hydrogens (primary N) is 1. The normalized spacial score (nSPS) is 27.4. The molecule has 1 saturated heterocycles. The number of hydrogen-bond donors (Lipinski definition) is 1. The highest BCUT2D eigenvalue weighted by Gasteiger charge is 2.38. The van der Waals surface area contributed by atoms with E-state index >= 15 is 0 Å². The molecule has 2 atom stereocenters. The molecule has 2 N–H and O–H groups in total. The van der Waals surface area contributed by atoms with Crippen molar-refractivity contribution >= 4 is 0 Å². The Hall–Kier alpha value is -0.860. The fourth-order valence-electron chi connectivity index (χ4n) is 4.07. The smallest absolute Gasteiger partial charge is 0.0685 e. The fraction of sp³-hybridized carbons (Fsp3) is 0.667. The van der Waals surface area contributed by atoms with E-state index in [-0.39, 0.29) is 11.6 Å². The van der Waals surface area contributed by atoms with Crippen LogP contribution in [0, 0.1) is 5.92 Å². The van der Waals surface area contributed by atoms with Crippen LogP contribution in [0.15, 0.2) is 30.3 Å². The van der Waals surface area contributed by atoms with Crippen LogP contribution in [0.2, 0.25) is 0 Å². The van der Waals surface area contributed by atoms with Gasteiger partial charge in [0.15, 0.2) is 0 Å². The molecule has 1 aliphatic carbocycles. The third kappa shape index (κ3) is 3.24. The highest BCUT2D eigenvalue weighted by atomic mass is 16.5. The average molecular weight is 273 g/mol. The molecule has 2 heteroatoms. The van der Waals surface area contributed by atoms with Crippen LogP contribution in [0.1, 0.15) is 63.0 Å². The molecular formula is C18H27NO. The van der Waals surface area contributed by atoms with Crippen molar-refractivity contribution in [2.75, 3.05) is 6.61 Å². The molecule has 1 heterocycles. The van der Waals surface area contributed by atoms with Crippen molar-refractivity contribution < 1.29 is 4.74 Å². The van der Waals surface area contributed by atoms with Gasteiger partial charge in [-0.2, -0.15) is 0 Å². The summed E-state index contributed by atoms with van der Waals surface area (Å²) in [5.74, 6) is 0.733. The number of benzene rings is 1. The van der Waals surface area contributed by atoms with Gasteiger partial charge >= 0.3 is 0 Å². The van der Waals surface area contributed by atoms with Crippen LogP contribution >= 0.6 is 0 Å². The lowest BCUT2D eigenvalue weighted by Crippen LogP contribution is -2.42. The number of hydrogen-bond acceptors (Lipinski definition) is 2. The van der Waals surface area contributed by atoms with Gasteiger partial charge < -0.3 is 10.5 Å². The Labute approximate surface area is 122 Å². The molecule has 110 valence electrons. The molecule has 1 aromatic carbocycles. The summed E-state index contributed by atoms with van der Waals surface area (Å²) >= 11 is 0. The topological polar surface area (TPSA) is 35.2 Å². The average Bonchev–Trinajstić information content (AvgIpc) is 2.49. The van der Waals surface area contributed by atoms with Gasteiger partial charge in [-0.15, -0.1) is 0 Å². The maximum atomic E-state index is 6.40. The predicted octanol–water partition coefficient (Wildman–Crippen LogP) is 4.21. The Morgan fingerprint density at radius 3 is 2.65 bits per heavy atom. The summed E-state index contributed by atoms with van der Waals surface area (Å²) in [6.07, 6.45) is 10.1. The van der Waals surface area contributed by atoms with E-state index in [2.05, 4.69) is 30.3 Å². The van der Waals surface area contributed by atoms with Crippen molar-refractivity contribution in [2.24, 2.45) is 11.7 Å². The van der Waals surface area contributed by atoms with Gasteiger partial charge in [-0.25, -0.2) is 0 Å². The Bertz CT molecular complexity index is 405. The summed E-state index contributed by atoms with van der Waals surface area (Å²) in [7, 11) is 0. The third-order valence-corrected chi connectivity index (χ3v) is 5.17. The van der Waals surface area contributed by atoms with Crippen LogP contribution in [0.5, 0.6) is 0 Å². The first-order valence-electron chi connectivity index (χ1n) is 8.22. The molecule has 0 amide bonds. The molecule has 2 fully saturated rings. The molecule has 3 rings (SSSR count). The van der Waals surface area contributed by atoms with E-state index in [0.717, 1.165) is 18.9 Å². The van der Waals surface area contributed by atoms with Crippen molar-refractivity contribution in [3.05, 3.63) is 35.9 Å². The van der Waals surface area contributed by atoms with Gasteiger partial charge in [-0.1, -0.05) is 49.6 Å². The molecule has 0 aromatic heterocycles. The summed E-state index contributed by atoms with van der Waals surface area (Å²) in [5.41, 5.74) is 7.88. The van der Waals surface area contributed by atoms with Crippen LogP contribution in [0.3, 0.4) is 0 Å². The molecule has 1 saturated carbocycles. The molecule has 0 bridgehead atoms. The van der Waals surface area contributed by atoms with Crippen molar-refractivity contribution in [3.8, 4) is 0 Å². The summed E-state index contributed by atoms with van der Waals surface area (Å²) in [6, 6.07) is 10.7. The molecule has 20 heavy (non-hydrogen) atoms. The quantitative estimate of drug-likeness (QED) is 0.895. The molecule has 2 nitrogen and oxygen atoms in total. The largest absolute Gasteiger partial charge is 0.375 e. The SMILES string of the molecule is NC(CC1CCOC2(CCCCC2)C1)c1ccccc1. The van der Waals surface area contributed by atoms with Gasteiger partial charge in [0.25, 0.3) is 0 Å². The first-order valence-corrected chi connectivity index (χ1v) is 8.22. The minimum Gasteiger partial charge on any atom is -0.375 e. The van der Waals surface area contributed by atoms with E-state index in [1.165, 1.54) is 50.5 Å². The summed E-state index contributed by atoms with van der Waals surface area (Å²) < 4.78 is 6.18. The Balaban J connectivity index is 1.60. The monoisotopic (exact) mass is 273 g/mol. The molecular weight excluding hydrogens is 246 g/mol. The molecule has 2 unspecified atom stereocenters. The van der Waals surface area contributed by atoms with E-state index < -0.39 is 0 Å². The van der Waals surface area contributed by atoms with Crippen LogP contribution in [0.4, 0.5) is 0 Å². The second-order valence-electron chi connectivity index (χ2n) is 6.70. The molecule has 1 spiro atoms. The third-order valence-electron chi connectivity index (χ3n) is 5.17. The summed E-state index contributed by atoms with van der Waals surface area (Å²) in [4.78, 5) is 0. The van der Waals surface area contributed by atoms with Crippen LogP contribution in [-0.2, 0) is 4.74 Å². The first-order chi connectivity index (χ1) is 9.77. The van der Waals surface area contributed by atoms with Gasteiger partial charge in [0, 0.05) is 12.6 Å². The van der Waals surface area contributed by atoms with E-state index in [1.807, 2.05) is 0 Å². The van der Waals surface area contributed by atoms with E-state index in [9.17, 15) is 0 Å². The van der Waals surface area contributed by atoms with Crippen molar-refractivity contribution in [1.29, 1.82) is 0 Å². The van der Waals surface area contributed by atoms with Gasteiger partial charge in [-0.05, 0) is 43.6 Å². The Morgan fingerprint density at radius 2 is 1.90 bits per heavy atom. The van der Waals surface area contributed by atoms with E-state index in [1.54, 1.807) is 0 Å². The first kappa shape index (κ1) is 14.1. The number of rotatable bonds is 3. The van der Waals surface area contributed by atoms with Crippen LogP contribution in [0.25, 0.3) is 0 Å². The van der Waals surface area contributed by atoms with Crippen molar-refractivity contribution in [1.82, 2.24) is 0 Å². The highest BCUT2D eigenvalue weighted by molar-refractivity contribution is 5.18. The zero-order valence-electron chi connectivity index (χ0n) is 12.4. The van der Waals surface area contributed by atoms with E-state index in [0.29, 0.717) is 0 Å². The van der Waals surface area contributed by atoms with Crippen LogP contribution in [-0.4, -0.2) is 12.2 Å². The summed E-state index contributed by atoms with van der Waals surface area (Å²) in [6.45, 7) is 0.937. The molecule has 0 radical (unpaired) electrons. The highest BCUT2D eigenvalue weighted by Crippen LogP contribution is 2.42. The van der Waals surface area contributed by atoms with E-state index in [4.69, 9.17) is 10.5 Å². The standard InChI is InChI=1S/C18H27NO/c19-17(16-7-3-1-4-8-16)13-15-9-12-20-18(14-15)10-5-2-6-11-18/h1,3-4,7-8,15,17H,2,5-6,9-14,19H2. The maximum Gasteiger partial charge on any atom is 0.0685 e. The fourth-order valence-corrected chi connectivity index (χ4v) is 4.07. The Morgan fingerprint density at radius 1 is 1.15 bits per heavy atom. The molecule has 1 aromatic rings. The lowest BCUT2D eigenvalue weighted by Gasteiger charge is -2.44. The lowest BCUT2D eigenvalue weighted by molar-refractivity contribution is -0.118. The molecule has 2 aliphatic rings. The maximum absolute atomic E-state index is 6.40. The zero-order valence-corrected chi connectivity index (χ0v) is 12.4. The van der Waals surface area contributed by atoms with Crippen molar-refractivity contribution in [3.63, 3.8) is 0 Å². The zero-order chi connectivity index (χ0) is 13.8.